The van der Waals surface area contributed by atoms with Gasteiger partial charge in [0, 0.05) is 31.1 Å². The van der Waals surface area contributed by atoms with Gasteiger partial charge in [-0.05, 0) is 31.9 Å². The van der Waals surface area contributed by atoms with Crippen molar-refractivity contribution in [3.63, 3.8) is 0 Å². The summed E-state index contributed by atoms with van der Waals surface area (Å²) in [5.74, 6) is 0. The molecule has 0 amide bonds. The van der Waals surface area contributed by atoms with Gasteiger partial charge in [-0.2, -0.15) is 4.31 Å². The topological polar surface area (TPSA) is 72.6 Å². The number of piperidine rings is 1. The van der Waals surface area contributed by atoms with Crippen molar-refractivity contribution in [3.05, 3.63) is 17.0 Å². The lowest BCUT2D eigenvalue weighted by Gasteiger charge is -2.37. The Kier molecular flexibility index (Phi) is 6.43. The molecule has 0 aromatic carbocycles. The second kappa shape index (κ2) is 7.20. The first-order valence-corrected chi connectivity index (χ1v) is 8.56. The Hall–Kier alpha value is -0.180. The van der Waals surface area contributed by atoms with Gasteiger partial charge in [0.1, 0.15) is 4.21 Å². The minimum atomic E-state index is -3.42. The molecule has 2 N–H and O–H groups in total. The highest BCUT2D eigenvalue weighted by atomic mass is 35.5. The monoisotopic (exact) mass is 340 g/mol. The van der Waals surface area contributed by atoms with Crippen LogP contribution in [0.4, 0.5) is 0 Å². The summed E-state index contributed by atoms with van der Waals surface area (Å²) in [6, 6.07) is 3.33. The Labute approximate surface area is 130 Å². The van der Waals surface area contributed by atoms with E-state index in [1.807, 2.05) is 13.0 Å². The quantitative estimate of drug-likeness (QED) is 0.903. The van der Waals surface area contributed by atoms with Crippen LogP contribution < -0.4 is 5.73 Å². The summed E-state index contributed by atoms with van der Waals surface area (Å²) in [4.78, 5) is 0.995. The van der Waals surface area contributed by atoms with Gasteiger partial charge in [0.2, 0.25) is 0 Å². The molecule has 0 radical (unpaired) electrons. The van der Waals surface area contributed by atoms with Gasteiger partial charge in [0.15, 0.2) is 0 Å². The lowest BCUT2D eigenvalue weighted by Crippen LogP contribution is -2.50. The van der Waals surface area contributed by atoms with Crippen LogP contribution in [0, 0.1) is 6.92 Å². The van der Waals surface area contributed by atoms with Gasteiger partial charge >= 0.3 is 0 Å². The van der Waals surface area contributed by atoms with Crippen LogP contribution in [0.2, 0.25) is 0 Å². The third-order valence-electron chi connectivity index (χ3n) is 3.50. The molecular weight excluding hydrogens is 320 g/mol. The number of halogens is 1. The lowest BCUT2D eigenvalue weighted by molar-refractivity contribution is 0.0402. The highest BCUT2D eigenvalue weighted by molar-refractivity contribution is 7.91. The molecule has 2 heterocycles. The summed E-state index contributed by atoms with van der Waals surface area (Å²) in [5.41, 5.74) is 5.73. The Morgan fingerprint density at radius 2 is 2.20 bits per heavy atom. The summed E-state index contributed by atoms with van der Waals surface area (Å²) >= 11 is 1.31. The van der Waals surface area contributed by atoms with Crippen molar-refractivity contribution in [2.45, 2.75) is 36.1 Å². The van der Waals surface area contributed by atoms with Gasteiger partial charge < -0.3 is 10.5 Å². The Balaban J connectivity index is 0.00000200. The molecule has 1 aliphatic rings. The summed E-state index contributed by atoms with van der Waals surface area (Å²) in [5, 5.41) is 0. The van der Waals surface area contributed by atoms with Gasteiger partial charge in [-0.3, -0.25) is 0 Å². The maximum absolute atomic E-state index is 12.6. The van der Waals surface area contributed by atoms with Crippen LogP contribution in [-0.2, 0) is 14.8 Å². The molecule has 20 heavy (non-hydrogen) atoms. The number of thiophene rings is 1. The van der Waals surface area contributed by atoms with Crippen molar-refractivity contribution in [1.29, 1.82) is 0 Å². The third kappa shape index (κ3) is 3.52. The predicted molar refractivity (Wildman–Crippen MR) is 83.1 cm³/mol. The SMILES string of the molecule is COC1CCN(S(=O)(=O)c2ccc(C)s2)C(CN)C1.Cl. The molecule has 5 nitrogen and oxygen atoms in total. The van der Waals surface area contributed by atoms with Gasteiger partial charge in [-0.25, -0.2) is 8.42 Å². The number of nitrogens with two attached hydrogens (primary N) is 1. The molecule has 0 aliphatic carbocycles. The zero-order chi connectivity index (χ0) is 14.0. The van der Waals surface area contributed by atoms with Crippen LogP contribution in [0.15, 0.2) is 16.3 Å². The van der Waals surface area contributed by atoms with Crippen LogP contribution in [0.3, 0.4) is 0 Å². The van der Waals surface area contributed by atoms with Crippen LogP contribution in [0.1, 0.15) is 17.7 Å². The molecule has 8 heteroatoms. The van der Waals surface area contributed by atoms with Gasteiger partial charge in [-0.15, -0.1) is 23.7 Å². The molecular formula is C12H21ClN2O3S2. The van der Waals surface area contributed by atoms with Crippen LogP contribution in [-0.4, -0.2) is 45.1 Å². The third-order valence-corrected chi connectivity index (χ3v) is 6.92. The number of hydrogen-bond acceptors (Lipinski definition) is 5. The molecule has 1 aromatic heterocycles. The second-order valence-electron chi connectivity index (χ2n) is 4.75. The van der Waals surface area contributed by atoms with E-state index in [1.165, 1.54) is 15.6 Å². The first-order valence-electron chi connectivity index (χ1n) is 6.30. The number of ether oxygens (including phenoxy) is 1. The average molecular weight is 341 g/mol. The molecule has 116 valence electrons. The first-order chi connectivity index (χ1) is 8.98. The molecule has 0 bridgehead atoms. The van der Waals surface area contributed by atoms with Crippen LogP contribution >= 0.6 is 23.7 Å². The summed E-state index contributed by atoms with van der Waals surface area (Å²) in [6.07, 6.45) is 1.48. The summed E-state index contributed by atoms with van der Waals surface area (Å²) in [6.45, 7) is 2.70. The highest BCUT2D eigenvalue weighted by Crippen LogP contribution is 2.29. The molecule has 1 fully saturated rings. The Morgan fingerprint density at radius 3 is 2.70 bits per heavy atom. The van der Waals surface area contributed by atoms with E-state index in [4.69, 9.17) is 10.5 Å². The van der Waals surface area contributed by atoms with E-state index in [9.17, 15) is 8.42 Å². The molecule has 1 aromatic rings. The molecule has 2 unspecified atom stereocenters. The number of aryl methyl sites for hydroxylation is 1. The minimum absolute atomic E-state index is 0. The van der Waals surface area contributed by atoms with E-state index in [0.29, 0.717) is 23.7 Å². The fourth-order valence-corrected chi connectivity index (χ4v) is 5.48. The maximum Gasteiger partial charge on any atom is 0.252 e. The van der Waals surface area contributed by atoms with Crippen LogP contribution in [0.5, 0.6) is 0 Å². The van der Waals surface area contributed by atoms with Crippen molar-refractivity contribution in [2.75, 3.05) is 20.2 Å². The van der Waals surface area contributed by atoms with E-state index in [0.717, 1.165) is 11.3 Å². The van der Waals surface area contributed by atoms with E-state index >= 15 is 0 Å². The number of rotatable bonds is 4. The highest BCUT2D eigenvalue weighted by Gasteiger charge is 2.36. The number of nitrogens with zero attached hydrogens (tertiary/aromatic N) is 1. The van der Waals surface area contributed by atoms with Crippen molar-refractivity contribution < 1.29 is 13.2 Å². The van der Waals surface area contributed by atoms with E-state index in [2.05, 4.69) is 0 Å². The smallest absolute Gasteiger partial charge is 0.252 e. The van der Waals surface area contributed by atoms with E-state index in [-0.39, 0.29) is 24.6 Å². The zero-order valence-corrected chi connectivity index (χ0v) is 14.1. The average Bonchev–Trinajstić information content (AvgIpc) is 2.85. The standard InChI is InChI=1S/C12H20N2O3S2.ClH/c1-9-3-4-12(18-9)19(15,16)14-6-5-11(17-2)7-10(14)8-13;/h3-4,10-11H,5-8,13H2,1-2H3;1H. The van der Waals surface area contributed by atoms with E-state index in [1.54, 1.807) is 13.2 Å². The van der Waals surface area contributed by atoms with Crippen LogP contribution in [0.25, 0.3) is 0 Å². The number of sulfonamides is 1. The fourth-order valence-electron chi connectivity index (χ4n) is 2.40. The number of methoxy groups -OCH3 is 1. The predicted octanol–water partition coefficient (Wildman–Crippen LogP) is 1.61. The first kappa shape index (κ1) is 17.9. The van der Waals surface area contributed by atoms with Gasteiger partial charge in [0.05, 0.1) is 6.10 Å². The lowest BCUT2D eigenvalue weighted by atomic mass is 10.0. The van der Waals surface area contributed by atoms with Crippen molar-refractivity contribution in [2.24, 2.45) is 5.73 Å². The fraction of sp³-hybridized carbons (Fsp3) is 0.667. The molecule has 2 rings (SSSR count). The van der Waals surface area contributed by atoms with E-state index < -0.39 is 10.0 Å². The number of hydrogen-bond donors (Lipinski definition) is 1. The molecule has 0 saturated carbocycles. The molecule has 2 atom stereocenters. The summed E-state index contributed by atoms with van der Waals surface area (Å²) < 4.78 is 32.5. The Morgan fingerprint density at radius 1 is 1.50 bits per heavy atom. The van der Waals surface area contributed by atoms with Gasteiger partial charge in [-0.1, -0.05) is 0 Å². The minimum Gasteiger partial charge on any atom is -0.381 e. The normalized spacial score (nSPS) is 24.4. The molecule has 0 spiro atoms. The summed E-state index contributed by atoms with van der Waals surface area (Å²) in [7, 11) is -1.76. The molecule has 1 aliphatic heterocycles. The maximum atomic E-state index is 12.6. The second-order valence-corrected chi connectivity index (χ2v) is 8.16. The van der Waals surface area contributed by atoms with Crippen molar-refractivity contribution >= 4 is 33.8 Å². The van der Waals surface area contributed by atoms with Crippen molar-refractivity contribution in [1.82, 2.24) is 4.31 Å². The molecule has 1 saturated heterocycles. The van der Waals surface area contributed by atoms with Crippen molar-refractivity contribution in [3.8, 4) is 0 Å². The van der Waals surface area contributed by atoms with Gasteiger partial charge in [0.25, 0.3) is 10.0 Å². The zero-order valence-electron chi connectivity index (χ0n) is 11.6. The Bertz CT molecular complexity index is 533. The largest absolute Gasteiger partial charge is 0.381 e.